The number of likely N-dealkylation sites (N-methyl/N-ethyl adjacent to an activating group) is 1. The van der Waals surface area contributed by atoms with Crippen molar-refractivity contribution in [2.75, 3.05) is 40.4 Å². The Labute approximate surface area is 215 Å². The van der Waals surface area contributed by atoms with Crippen LogP contribution in [0.1, 0.15) is 76.2 Å². The lowest BCUT2D eigenvalue weighted by atomic mass is 9.74. The molecular formula is C28H45F2N3O3. The number of halogens is 2. The molecule has 1 aliphatic heterocycles. The number of carbonyl (C=O) groups is 1. The molecule has 204 valence electrons. The third kappa shape index (κ3) is 7.62. The van der Waals surface area contributed by atoms with Crippen LogP contribution in [-0.4, -0.2) is 62.5 Å². The summed E-state index contributed by atoms with van der Waals surface area (Å²) in [6.45, 7) is 2.13. The number of likely N-dealkylation sites (tertiary alicyclic amines) is 1. The molecular weight excluding hydrogens is 464 g/mol. The third-order valence-corrected chi connectivity index (χ3v) is 8.08. The van der Waals surface area contributed by atoms with E-state index >= 15 is 0 Å². The number of hydrogen-bond donors (Lipinski definition) is 3. The van der Waals surface area contributed by atoms with Crippen LogP contribution >= 0.6 is 0 Å². The first-order valence-corrected chi connectivity index (χ1v) is 13.7. The summed E-state index contributed by atoms with van der Waals surface area (Å²) < 4.78 is 34.2. The summed E-state index contributed by atoms with van der Waals surface area (Å²) in [5, 5.41) is 18.3. The number of unbranched alkanes of at least 4 members (excludes halogenated alkanes) is 1. The van der Waals surface area contributed by atoms with Crippen LogP contribution in [0.5, 0.6) is 0 Å². The second-order valence-corrected chi connectivity index (χ2v) is 10.7. The highest BCUT2D eigenvalue weighted by molar-refractivity contribution is 5.74. The van der Waals surface area contributed by atoms with Crippen molar-refractivity contribution in [2.45, 2.75) is 82.3 Å². The number of methoxy groups -OCH3 is 1. The Kier molecular flexibility index (Phi) is 11.4. The number of nitrogens with one attached hydrogen (secondary N) is 2. The van der Waals surface area contributed by atoms with Gasteiger partial charge in [-0.1, -0.05) is 44.2 Å². The molecule has 0 spiro atoms. The Morgan fingerprint density at radius 3 is 2.69 bits per heavy atom. The van der Waals surface area contributed by atoms with E-state index in [1.807, 2.05) is 7.05 Å². The molecule has 3 atom stereocenters. The smallest absolute Gasteiger partial charge is 0.317 e. The summed E-state index contributed by atoms with van der Waals surface area (Å²) >= 11 is 0. The van der Waals surface area contributed by atoms with Crippen LogP contribution in [0.3, 0.4) is 0 Å². The van der Waals surface area contributed by atoms with Gasteiger partial charge in [0.25, 0.3) is 0 Å². The van der Waals surface area contributed by atoms with E-state index in [0.717, 1.165) is 12.5 Å². The molecule has 1 aliphatic carbocycles. The first-order chi connectivity index (χ1) is 17.4. The van der Waals surface area contributed by atoms with Crippen molar-refractivity contribution in [1.82, 2.24) is 15.5 Å². The first-order valence-electron chi connectivity index (χ1n) is 13.7. The fraction of sp³-hybridized carbons (Fsp3) is 0.750. The summed E-state index contributed by atoms with van der Waals surface area (Å²) in [6.07, 6.45) is 10.2. The minimum atomic E-state index is -1.56. The number of benzene rings is 1. The minimum absolute atomic E-state index is 0.0162. The van der Waals surface area contributed by atoms with E-state index in [-0.39, 0.29) is 24.1 Å². The van der Waals surface area contributed by atoms with Gasteiger partial charge in [0.15, 0.2) is 11.6 Å². The zero-order valence-electron chi connectivity index (χ0n) is 22.0. The van der Waals surface area contributed by atoms with Gasteiger partial charge in [0.2, 0.25) is 0 Å². The fourth-order valence-electron chi connectivity index (χ4n) is 6.12. The minimum Gasteiger partial charge on any atom is -0.385 e. The van der Waals surface area contributed by atoms with Crippen molar-refractivity contribution in [3.05, 3.63) is 35.4 Å². The normalized spacial score (nSPS) is 21.7. The molecule has 36 heavy (non-hydrogen) atoms. The van der Waals surface area contributed by atoms with Gasteiger partial charge in [-0.15, -0.1) is 0 Å². The highest BCUT2D eigenvalue weighted by atomic mass is 19.2. The van der Waals surface area contributed by atoms with E-state index < -0.39 is 23.2 Å². The Morgan fingerprint density at radius 2 is 1.97 bits per heavy atom. The molecule has 1 aromatic carbocycles. The number of aliphatic hydroxyl groups is 1. The van der Waals surface area contributed by atoms with Crippen molar-refractivity contribution in [3.8, 4) is 0 Å². The van der Waals surface area contributed by atoms with Gasteiger partial charge in [-0.2, -0.15) is 0 Å². The van der Waals surface area contributed by atoms with Crippen LogP contribution in [0.15, 0.2) is 18.2 Å². The fourth-order valence-corrected chi connectivity index (χ4v) is 6.12. The molecule has 1 saturated carbocycles. The van der Waals surface area contributed by atoms with Gasteiger partial charge in [0.1, 0.15) is 0 Å². The molecule has 1 saturated heterocycles. The van der Waals surface area contributed by atoms with Crippen molar-refractivity contribution in [2.24, 2.45) is 11.8 Å². The number of ether oxygens (including phenoxy) is 1. The number of piperidine rings is 1. The molecule has 0 radical (unpaired) electrons. The van der Waals surface area contributed by atoms with Crippen LogP contribution in [0.25, 0.3) is 0 Å². The predicted octanol–water partition coefficient (Wildman–Crippen LogP) is 4.95. The molecule has 0 unspecified atom stereocenters. The second kappa shape index (κ2) is 14.2. The average molecular weight is 510 g/mol. The van der Waals surface area contributed by atoms with Crippen molar-refractivity contribution in [1.29, 1.82) is 0 Å². The van der Waals surface area contributed by atoms with Gasteiger partial charge < -0.3 is 25.4 Å². The van der Waals surface area contributed by atoms with Crippen molar-refractivity contribution >= 4 is 6.03 Å². The lowest BCUT2D eigenvalue weighted by Gasteiger charge is -2.43. The molecule has 1 aromatic rings. The van der Waals surface area contributed by atoms with Crippen LogP contribution in [0.4, 0.5) is 13.6 Å². The summed E-state index contributed by atoms with van der Waals surface area (Å²) in [5.74, 6) is -1.72. The predicted molar refractivity (Wildman–Crippen MR) is 138 cm³/mol. The van der Waals surface area contributed by atoms with Gasteiger partial charge in [0, 0.05) is 50.9 Å². The van der Waals surface area contributed by atoms with E-state index in [1.54, 1.807) is 12.0 Å². The van der Waals surface area contributed by atoms with E-state index in [9.17, 15) is 18.7 Å². The standard InChI is InChI=1S/C28H45F2N3O3/c1-31-19-23(18-21-10-4-3-5-11-21)32-27(34)33-16-9-12-22(20-33)28(35,15-6-7-17-36-2)24-13-8-14-25(29)26(24)30/h8,13-14,21-23,31,35H,3-7,9-12,15-20H2,1-2H3,(H,32,34)/t22-,23+,28+/m1/s1. The molecule has 0 aromatic heterocycles. The highest BCUT2D eigenvalue weighted by Gasteiger charge is 2.43. The van der Waals surface area contributed by atoms with Gasteiger partial charge in [0.05, 0.1) is 5.60 Å². The summed E-state index contributed by atoms with van der Waals surface area (Å²) in [6, 6.07) is 3.88. The lowest BCUT2D eigenvalue weighted by molar-refractivity contribution is -0.0591. The lowest BCUT2D eigenvalue weighted by Crippen LogP contribution is -2.54. The van der Waals surface area contributed by atoms with E-state index in [2.05, 4.69) is 10.6 Å². The Morgan fingerprint density at radius 1 is 1.19 bits per heavy atom. The maximum Gasteiger partial charge on any atom is 0.317 e. The van der Waals surface area contributed by atoms with Gasteiger partial charge in [-0.3, -0.25) is 0 Å². The molecule has 6 nitrogen and oxygen atoms in total. The highest BCUT2D eigenvalue weighted by Crippen LogP contribution is 2.41. The average Bonchev–Trinajstić information content (AvgIpc) is 2.89. The molecule has 2 aliphatic rings. The monoisotopic (exact) mass is 509 g/mol. The van der Waals surface area contributed by atoms with Crippen LogP contribution < -0.4 is 10.6 Å². The van der Waals surface area contributed by atoms with Gasteiger partial charge in [-0.05, 0) is 57.6 Å². The number of amides is 2. The Hall–Kier alpha value is -1.77. The van der Waals surface area contributed by atoms with Crippen LogP contribution in [0.2, 0.25) is 0 Å². The second-order valence-electron chi connectivity index (χ2n) is 10.7. The molecule has 2 fully saturated rings. The molecule has 0 bridgehead atoms. The molecule has 1 heterocycles. The van der Waals surface area contributed by atoms with Crippen LogP contribution in [-0.2, 0) is 10.3 Å². The summed E-state index contributed by atoms with van der Waals surface area (Å²) in [7, 11) is 3.51. The number of carbonyl (C=O) groups excluding carboxylic acids is 1. The van der Waals surface area contributed by atoms with E-state index in [0.29, 0.717) is 57.8 Å². The van der Waals surface area contributed by atoms with Crippen molar-refractivity contribution < 1.29 is 23.4 Å². The number of hydrogen-bond acceptors (Lipinski definition) is 4. The topological polar surface area (TPSA) is 73.8 Å². The Bertz CT molecular complexity index is 821. The quantitative estimate of drug-likeness (QED) is 0.349. The number of urea groups is 1. The largest absolute Gasteiger partial charge is 0.385 e. The molecule has 8 heteroatoms. The number of nitrogens with zero attached hydrogens (tertiary/aromatic N) is 1. The SMILES string of the molecule is CNC[C@H](CC1CCCCC1)NC(=O)N1CCC[C@@H]([C@@](O)(CCCCOC)c2cccc(F)c2F)C1. The zero-order chi connectivity index (χ0) is 26.0. The van der Waals surface area contributed by atoms with Crippen LogP contribution in [0, 0.1) is 23.5 Å². The van der Waals surface area contributed by atoms with Gasteiger partial charge >= 0.3 is 6.03 Å². The van der Waals surface area contributed by atoms with Crippen molar-refractivity contribution in [3.63, 3.8) is 0 Å². The molecule has 3 N–H and O–H groups in total. The van der Waals surface area contributed by atoms with Gasteiger partial charge in [-0.25, -0.2) is 13.6 Å². The maximum absolute atomic E-state index is 14.9. The molecule has 3 rings (SSSR count). The zero-order valence-corrected chi connectivity index (χ0v) is 22.0. The van der Waals surface area contributed by atoms with E-state index in [4.69, 9.17) is 4.74 Å². The summed E-state index contributed by atoms with van der Waals surface area (Å²) in [5.41, 5.74) is -1.58. The maximum atomic E-state index is 14.9. The third-order valence-electron chi connectivity index (χ3n) is 8.08. The molecule has 2 amide bonds. The van der Waals surface area contributed by atoms with E-state index in [1.165, 1.54) is 44.2 Å². The summed E-state index contributed by atoms with van der Waals surface area (Å²) in [4.78, 5) is 15.1. The Balaban J connectivity index is 1.72. The first kappa shape index (κ1) is 28.8. The number of rotatable bonds is 12.